The first-order valence-electron chi connectivity index (χ1n) is 8.29. The Morgan fingerprint density at radius 1 is 1.13 bits per heavy atom. The second-order valence-electron chi connectivity index (χ2n) is 5.07. The number of hydrogen-bond donors (Lipinski definition) is 1. The quantitative estimate of drug-likeness (QED) is 0.408. The van der Waals surface area contributed by atoms with E-state index in [2.05, 4.69) is 4.98 Å². The van der Waals surface area contributed by atoms with Gasteiger partial charge in [-0.05, 0) is 27.2 Å². The number of imidazole rings is 1. The number of hydrogen-bond acceptors (Lipinski definition) is 6. The third-order valence-electron chi connectivity index (χ3n) is 3.16. The fraction of sp³-hybridized carbons (Fsp3) is 0.800. The predicted molar refractivity (Wildman–Crippen MR) is 89.1 cm³/mol. The molecule has 0 saturated heterocycles. The fourth-order valence-corrected chi connectivity index (χ4v) is 4.88. The number of ether oxygens (including phenoxy) is 1. The number of aromatic nitrogens is 2. The monoisotopic (exact) mass is 346 g/mol. The molecule has 0 radical (unpaired) electrons. The van der Waals surface area contributed by atoms with Crippen LogP contribution in [0.2, 0.25) is 6.04 Å². The minimum absolute atomic E-state index is 0.296. The summed E-state index contributed by atoms with van der Waals surface area (Å²) in [6.45, 7) is 8.90. The van der Waals surface area contributed by atoms with Gasteiger partial charge in [-0.25, -0.2) is 4.98 Å². The van der Waals surface area contributed by atoms with Gasteiger partial charge in [-0.3, -0.25) is 0 Å². The second kappa shape index (κ2) is 11.7. The largest absolute Gasteiger partial charge is 0.501 e. The molecule has 7 nitrogen and oxygen atoms in total. The highest BCUT2D eigenvalue weighted by molar-refractivity contribution is 6.60. The molecule has 0 aliphatic rings. The van der Waals surface area contributed by atoms with Crippen molar-refractivity contribution in [3.8, 4) is 0 Å². The van der Waals surface area contributed by atoms with Crippen LogP contribution in [-0.2, 0) is 24.6 Å². The Labute approximate surface area is 139 Å². The summed E-state index contributed by atoms with van der Waals surface area (Å²) >= 11 is 0. The van der Waals surface area contributed by atoms with E-state index in [0.29, 0.717) is 39.6 Å². The summed E-state index contributed by atoms with van der Waals surface area (Å²) in [5.41, 5.74) is 0. The van der Waals surface area contributed by atoms with E-state index in [9.17, 15) is 5.11 Å². The summed E-state index contributed by atoms with van der Waals surface area (Å²) in [4.78, 5) is 3.94. The van der Waals surface area contributed by atoms with Gasteiger partial charge in [0.25, 0.3) is 0 Å². The van der Waals surface area contributed by atoms with Crippen LogP contribution in [0.4, 0.5) is 0 Å². The third kappa shape index (κ3) is 8.05. The van der Waals surface area contributed by atoms with E-state index in [1.54, 1.807) is 12.5 Å². The molecule has 1 aromatic heterocycles. The smallest absolute Gasteiger partial charge is 0.389 e. The molecule has 0 spiro atoms. The average Bonchev–Trinajstić information content (AvgIpc) is 3.00. The maximum absolute atomic E-state index is 9.89. The van der Waals surface area contributed by atoms with Gasteiger partial charge in [-0.2, -0.15) is 0 Å². The van der Waals surface area contributed by atoms with Crippen LogP contribution in [0, 0.1) is 0 Å². The molecule has 0 aromatic carbocycles. The normalized spacial score (nSPS) is 13.4. The minimum Gasteiger partial charge on any atom is -0.389 e. The topological polar surface area (TPSA) is 75.0 Å². The first-order chi connectivity index (χ1) is 11.2. The van der Waals surface area contributed by atoms with Crippen LogP contribution in [0.15, 0.2) is 18.7 Å². The molecule has 8 heteroatoms. The Hall–Kier alpha value is -0.773. The molecule has 1 unspecified atom stereocenters. The first-order valence-corrected chi connectivity index (χ1v) is 10.2. The Balaban J connectivity index is 2.24. The van der Waals surface area contributed by atoms with E-state index in [4.69, 9.17) is 18.0 Å². The highest BCUT2D eigenvalue weighted by Gasteiger charge is 2.39. The molecule has 1 N–H and O–H groups in total. The van der Waals surface area contributed by atoms with Crippen molar-refractivity contribution in [2.24, 2.45) is 0 Å². The van der Waals surface area contributed by atoms with Gasteiger partial charge in [0.2, 0.25) is 0 Å². The predicted octanol–water partition coefficient (Wildman–Crippen LogP) is 1.70. The van der Waals surface area contributed by atoms with Crippen LogP contribution in [0.5, 0.6) is 0 Å². The summed E-state index contributed by atoms with van der Waals surface area (Å²) in [5, 5.41) is 9.89. The highest BCUT2D eigenvalue weighted by atomic mass is 28.4. The van der Waals surface area contributed by atoms with Gasteiger partial charge in [0.05, 0.1) is 25.6 Å². The highest BCUT2D eigenvalue weighted by Crippen LogP contribution is 2.18. The first kappa shape index (κ1) is 20.3. The molecule has 1 heterocycles. The molecule has 1 rings (SSSR count). The summed E-state index contributed by atoms with van der Waals surface area (Å²) in [7, 11) is -2.58. The molecule has 0 saturated carbocycles. The summed E-state index contributed by atoms with van der Waals surface area (Å²) in [6, 6.07) is 0.722. The van der Waals surface area contributed by atoms with Crippen molar-refractivity contribution in [2.45, 2.75) is 45.9 Å². The van der Waals surface area contributed by atoms with Crippen molar-refractivity contribution in [3.05, 3.63) is 18.7 Å². The SMILES string of the molecule is CCO[Si](CCCOCC(O)Cn1ccnc1)(OCC)OCC. The molecule has 0 aliphatic carbocycles. The van der Waals surface area contributed by atoms with E-state index < -0.39 is 14.9 Å². The molecular weight excluding hydrogens is 316 g/mol. The van der Waals surface area contributed by atoms with Gasteiger partial charge in [0.15, 0.2) is 0 Å². The zero-order valence-electron chi connectivity index (χ0n) is 14.4. The maximum atomic E-state index is 9.89. The lowest BCUT2D eigenvalue weighted by Gasteiger charge is -2.28. The number of rotatable bonds is 14. The van der Waals surface area contributed by atoms with Crippen molar-refractivity contribution in [2.75, 3.05) is 33.0 Å². The van der Waals surface area contributed by atoms with Gasteiger partial charge in [-0.15, -0.1) is 0 Å². The van der Waals surface area contributed by atoms with Crippen LogP contribution >= 0.6 is 0 Å². The van der Waals surface area contributed by atoms with Gasteiger partial charge < -0.3 is 27.7 Å². The summed E-state index contributed by atoms with van der Waals surface area (Å²) < 4.78 is 24.7. The van der Waals surface area contributed by atoms with Crippen LogP contribution in [0.1, 0.15) is 27.2 Å². The molecule has 0 amide bonds. The van der Waals surface area contributed by atoms with E-state index in [1.165, 1.54) is 0 Å². The van der Waals surface area contributed by atoms with Crippen LogP contribution < -0.4 is 0 Å². The summed E-state index contributed by atoms with van der Waals surface area (Å²) in [6.07, 6.45) is 5.42. The zero-order chi connectivity index (χ0) is 17.0. The fourth-order valence-electron chi connectivity index (χ4n) is 2.30. The minimum atomic E-state index is -2.58. The van der Waals surface area contributed by atoms with E-state index in [-0.39, 0.29) is 0 Å². The number of aliphatic hydroxyl groups is 1. The van der Waals surface area contributed by atoms with Crippen molar-refractivity contribution in [3.63, 3.8) is 0 Å². The lowest BCUT2D eigenvalue weighted by molar-refractivity contribution is 0.0249. The van der Waals surface area contributed by atoms with Gasteiger partial charge in [0.1, 0.15) is 0 Å². The van der Waals surface area contributed by atoms with Crippen molar-refractivity contribution >= 4 is 8.80 Å². The maximum Gasteiger partial charge on any atom is 0.501 e. The zero-order valence-corrected chi connectivity index (χ0v) is 15.4. The molecule has 0 bridgehead atoms. The van der Waals surface area contributed by atoms with Crippen molar-refractivity contribution in [1.29, 1.82) is 0 Å². The number of nitrogens with zero attached hydrogens (tertiary/aromatic N) is 2. The Morgan fingerprint density at radius 3 is 2.30 bits per heavy atom. The number of aliphatic hydroxyl groups excluding tert-OH is 1. The van der Waals surface area contributed by atoms with Crippen molar-refractivity contribution in [1.82, 2.24) is 9.55 Å². The van der Waals surface area contributed by atoms with E-state index in [1.807, 2.05) is 31.5 Å². The lowest BCUT2D eigenvalue weighted by Crippen LogP contribution is -2.46. The lowest BCUT2D eigenvalue weighted by atomic mass is 10.4. The van der Waals surface area contributed by atoms with Crippen LogP contribution in [-0.4, -0.2) is 62.6 Å². The second-order valence-corrected chi connectivity index (χ2v) is 7.81. The molecule has 1 aromatic rings. The van der Waals surface area contributed by atoms with Crippen LogP contribution in [0.3, 0.4) is 0 Å². The van der Waals surface area contributed by atoms with Crippen molar-refractivity contribution < 1.29 is 23.1 Å². The van der Waals surface area contributed by atoms with E-state index in [0.717, 1.165) is 12.5 Å². The van der Waals surface area contributed by atoms with Gasteiger partial charge >= 0.3 is 8.80 Å². The molecule has 134 valence electrons. The van der Waals surface area contributed by atoms with Gasteiger partial charge in [0, 0.05) is 44.9 Å². The molecule has 0 aliphatic heterocycles. The van der Waals surface area contributed by atoms with Crippen LogP contribution in [0.25, 0.3) is 0 Å². The Kier molecular flexibility index (Phi) is 10.3. The average molecular weight is 347 g/mol. The Bertz CT molecular complexity index is 374. The molecule has 23 heavy (non-hydrogen) atoms. The molecule has 0 fully saturated rings. The molecule has 1 atom stereocenters. The molecular formula is C15H30N2O5Si. The van der Waals surface area contributed by atoms with E-state index >= 15 is 0 Å². The van der Waals surface area contributed by atoms with Gasteiger partial charge in [-0.1, -0.05) is 0 Å². The Morgan fingerprint density at radius 2 is 1.78 bits per heavy atom. The standard InChI is InChI=1S/C15H30N2O5Si/c1-4-20-23(21-5-2,22-6-3)11-7-10-19-13-15(18)12-17-9-8-16-14-17/h8-9,14-15,18H,4-7,10-13H2,1-3H3. The third-order valence-corrected chi connectivity index (χ3v) is 6.31. The summed E-state index contributed by atoms with van der Waals surface area (Å²) in [5.74, 6) is 0.